The largest absolute Gasteiger partial charge is 0.506 e. The Hall–Kier alpha value is -2.58. The molecule has 0 atom stereocenters. The van der Waals surface area contributed by atoms with E-state index in [-0.39, 0.29) is 5.75 Å². The summed E-state index contributed by atoms with van der Waals surface area (Å²) in [4.78, 5) is 7.00. The predicted molar refractivity (Wildman–Crippen MR) is 116 cm³/mol. The van der Waals surface area contributed by atoms with Crippen LogP contribution >= 0.6 is 15.9 Å². The van der Waals surface area contributed by atoms with Gasteiger partial charge in [0.15, 0.2) is 0 Å². The predicted octanol–water partition coefficient (Wildman–Crippen LogP) is 5.58. The minimum atomic E-state index is 0.0510. The minimum absolute atomic E-state index is 0.0510. The van der Waals surface area contributed by atoms with Crippen LogP contribution in [0.2, 0.25) is 0 Å². The summed E-state index contributed by atoms with van der Waals surface area (Å²) in [6.07, 6.45) is 2.08. The summed E-state index contributed by atoms with van der Waals surface area (Å²) in [5.41, 5.74) is 3.42. The van der Waals surface area contributed by atoms with E-state index in [2.05, 4.69) is 51.2 Å². The molecule has 1 N–H and O–H groups in total. The van der Waals surface area contributed by atoms with Crippen molar-refractivity contribution in [2.45, 2.75) is 32.6 Å². The van der Waals surface area contributed by atoms with Crippen LogP contribution in [0.15, 0.2) is 40.9 Å². The molecule has 0 saturated carbocycles. The molecular formula is C23H22BrN3O. The second-order valence-corrected chi connectivity index (χ2v) is 8.44. The van der Waals surface area contributed by atoms with E-state index >= 15 is 0 Å². The van der Waals surface area contributed by atoms with Gasteiger partial charge in [0, 0.05) is 23.3 Å². The number of piperidine rings is 1. The summed E-state index contributed by atoms with van der Waals surface area (Å²) >= 11 is 3.50. The molecule has 0 bridgehead atoms. The van der Waals surface area contributed by atoms with E-state index in [1.165, 1.54) is 5.56 Å². The van der Waals surface area contributed by atoms with Crippen molar-refractivity contribution >= 4 is 32.5 Å². The summed E-state index contributed by atoms with van der Waals surface area (Å²) in [5.74, 6) is 1.37. The highest BCUT2D eigenvalue weighted by Crippen LogP contribution is 2.39. The van der Waals surface area contributed by atoms with Crippen molar-refractivity contribution in [1.82, 2.24) is 4.98 Å². The van der Waals surface area contributed by atoms with E-state index in [9.17, 15) is 10.4 Å². The van der Waals surface area contributed by atoms with Crippen LogP contribution in [0.5, 0.6) is 5.75 Å². The lowest BCUT2D eigenvalue weighted by molar-refractivity contribution is 0.477. The normalized spacial score (nSPS) is 15.0. The highest BCUT2D eigenvalue weighted by molar-refractivity contribution is 9.10. The molecule has 1 aliphatic heterocycles. The van der Waals surface area contributed by atoms with E-state index in [1.54, 1.807) is 0 Å². The molecule has 0 unspecified atom stereocenters. The number of phenols is 1. The smallest absolute Gasteiger partial charge is 0.145 e. The van der Waals surface area contributed by atoms with Gasteiger partial charge in [0.1, 0.15) is 17.6 Å². The molecule has 5 heteroatoms. The second kappa shape index (κ2) is 7.44. The first-order valence-corrected chi connectivity index (χ1v) is 10.3. The number of halogens is 1. The zero-order valence-corrected chi connectivity index (χ0v) is 17.6. The van der Waals surface area contributed by atoms with Gasteiger partial charge in [-0.05, 0) is 73.4 Å². The lowest BCUT2D eigenvalue weighted by Gasteiger charge is -2.34. The number of nitrogens with zero attached hydrogens (tertiary/aromatic N) is 3. The highest BCUT2D eigenvalue weighted by atomic mass is 79.9. The Morgan fingerprint density at radius 3 is 2.46 bits per heavy atom. The number of fused-ring (bicyclic) bond motifs is 1. The third-order valence-corrected chi connectivity index (χ3v) is 6.18. The number of phenolic OH excluding ortho intramolecular Hbond substituents is 1. The summed E-state index contributed by atoms with van der Waals surface area (Å²) in [7, 11) is 0. The van der Waals surface area contributed by atoms with Crippen LogP contribution in [0.25, 0.3) is 10.8 Å². The number of hydrogen-bond acceptors (Lipinski definition) is 4. The number of aromatic nitrogens is 1. The highest BCUT2D eigenvalue weighted by Gasteiger charge is 2.25. The van der Waals surface area contributed by atoms with Crippen molar-refractivity contribution in [3.05, 3.63) is 63.3 Å². The fraction of sp³-hybridized carbons (Fsp3) is 0.304. The molecule has 2 heterocycles. The Morgan fingerprint density at radius 2 is 1.82 bits per heavy atom. The maximum absolute atomic E-state index is 10.8. The maximum Gasteiger partial charge on any atom is 0.145 e. The van der Waals surface area contributed by atoms with E-state index in [1.807, 2.05) is 26.0 Å². The zero-order chi connectivity index (χ0) is 19.8. The van der Waals surface area contributed by atoms with E-state index in [0.717, 1.165) is 52.9 Å². The number of aromatic hydroxyl groups is 1. The average Bonchev–Trinajstić information content (AvgIpc) is 2.68. The summed E-state index contributed by atoms with van der Waals surface area (Å²) in [6, 6.07) is 14.7. The Morgan fingerprint density at radius 1 is 1.14 bits per heavy atom. The first kappa shape index (κ1) is 18.8. The van der Waals surface area contributed by atoms with Gasteiger partial charge in [-0.1, -0.05) is 28.1 Å². The van der Waals surface area contributed by atoms with Gasteiger partial charge in [-0.15, -0.1) is 0 Å². The fourth-order valence-electron chi connectivity index (χ4n) is 4.18. The van der Waals surface area contributed by atoms with E-state index < -0.39 is 0 Å². The van der Waals surface area contributed by atoms with E-state index in [4.69, 9.17) is 4.98 Å². The van der Waals surface area contributed by atoms with Crippen LogP contribution in [0.4, 0.5) is 5.82 Å². The Balaban J connectivity index is 1.68. The minimum Gasteiger partial charge on any atom is -0.506 e. The van der Waals surface area contributed by atoms with Crippen molar-refractivity contribution in [3.8, 4) is 11.8 Å². The van der Waals surface area contributed by atoms with Gasteiger partial charge >= 0.3 is 0 Å². The van der Waals surface area contributed by atoms with E-state index in [0.29, 0.717) is 16.9 Å². The molecule has 1 aromatic heterocycles. The molecule has 0 aliphatic carbocycles. The molecule has 0 radical (unpaired) electrons. The van der Waals surface area contributed by atoms with Crippen LogP contribution in [-0.4, -0.2) is 23.2 Å². The third-order valence-electron chi connectivity index (χ3n) is 5.65. The van der Waals surface area contributed by atoms with Crippen LogP contribution in [0.1, 0.15) is 41.1 Å². The lowest BCUT2D eigenvalue weighted by Crippen LogP contribution is -2.33. The first-order valence-electron chi connectivity index (χ1n) is 9.52. The number of benzene rings is 2. The summed E-state index contributed by atoms with van der Waals surface area (Å²) < 4.78 is 1.10. The van der Waals surface area contributed by atoms with Gasteiger partial charge in [-0.25, -0.2) is 4.98 Å². The molecule has 3 aromatic rings. The maximum atomic E-state index is 10.8. The molecule has 4 rings (SSSR count). The summed E-state index contributed by atoms with van der Waals surface area (Å²) in [5, 5.41) is 21.9. The van der Waals surface area contributed by atoms with Crippen molar-refractivity contribution in [3.63, 3.8) is 0 Å². The van der Waals surface area contributed by atoms with Gasteiger partial charge in [-0.2, -0.15) is 5.26 Å². The van der Waals surface area contributed by atoms with Crippen LogP contribution < -0.4 is 4.90 Å². The molecule has 142 valence electrons. The molecule has 2 aromatic carbocycles. The topological polar surface area (TPSA) is 60.1 Å². The monoisotopic (exact) mass is 435 g/mol. The third kappa shape index (κ3) is 3.33. The van der Waals surface area contributed by atoms with Crippen molar-refractivity contribution in [2.24, 2.45) is 0 Å². The quantitative estimate of drug-likeness (QED) is 0.570. The van der Waals surface area contributed by atoms with Gasteiger partial charge in [0.2, 0.25) is 0 Å². The van der Waals surface area contributed by atoms with Crippen LogP contribution in [0, 0.1) is 25.2 Å². The second-order valence-electron chi connectivity index (χ2n) is 7.53. The number of nitriles is 1. The van der Waals surface area contributed by atoms with Crippen LogP contribution in [0.3, 0.4) is 0 Å². The molecule has 28 heavy (non-hydrogen) atoms. The van der Waals surface area contributed by atoms with Gasteiger partial charge < -0.3 is 10.0 Å². The number of rotatable bonds is 2. The molecule has 1 fully saturated rings. The van der Waals surface area contributed by atoms with Crippen molar-refractivity contribution in [1.29, 1.82) is 5.26 Å². The Kier molecular flexibility index (Phi) is 4.99. The van der Waals surface area contributed by atoms with Crippen molar-refractivity contribution < 1.29 is 5.11 Å². The molecule has 1 saturated heterocycles. The number of hydrogen-bond donors (Lipinski definition) is 1. The summed E-state index contributed by atoms with van der Waals surface area (Å²) in [6.45, 7) is 5.59. The Bertz CT molecular complexity index is 1080. The molecule has 0 amide bonds. The molecule has 0 spiro atoms. The van der Waals surface area contributed by atoms with Gasteiger partial charge in [0.05, 0.1) is 10.9 Å². The first-order chi connectivity index (χ1) is 13.5. The SMILES string of the molecule is Cc1cc2cc(C)c(C#N)c(O)c2c(N2CCC(c3ccc(Br)cc3)CC2)n1. The number of anilines is 1. The average molecular weight is 436 g/mol. The fourth-order valence-corrected chi connectivity index (χ4v) is 4.45. The van der Waals surface area contributed by atoms with Gasteiger partial charge in [-0.3, -0.25) is 0 Å². The lowest BCUT2D eigenvalue weighted by atomic mass is 9.89. The van der Waals surface area contributed by atoms with Gasteiger partial charge in [0.25, 0.3) is 0 Å². The Labute approximate surface area is 173 Å². The number of pyridine rings is 1. The number of aryl methyl sites for hydroxylation is 2. The molecular weight excluding hydrogens is 414 g/mol. The van der Waals surface area contributed by atoms with Crippen LogP contribution in [-0.2, 0) is 0 Å². The van der Waals surface area contributed by atoms with Crippen molar-refractivity contribution in [2.75, 3.05) is 18.0 Å². The molecule has 1 aliphatic rings. The molecule has 4 nitrogen and oxygen atoms in total. The zero-order valence-electron chi connectivity index (χ0n) is 16.0. The standard InChI is InChI=1S/C23H22BrN3O/c1-14-11-18-12-15(2)26-23(21(18)22(28)20(14)13-25)27-9-7-17(8-10-27)16-3-5-19(24)6-4-16/h3-6,11-12,17,28H,7-10H2,1-2H3.